The van der Waals surface area contributed by atoms with Crippen molar-refractivity contribution in [1.29, 1.82) is 0 Å². The number of hydrogen-bond donors (Lipinski definition) is 2. The summed E-state index contributed by atoms with van der Waals surface area (Å²) in [5.74, 6) is -1.85. The van der Waals surface area contributed by atoms with Crippen molar-refractivity contribution in [1.82, 2.24) is 4.57 Å². The highest BCUT2D eigenvalue weighted by atomic mass is 19.4. The number of nitrogens with two attached hydrogens (primary N) is 1. The fourth-order valence-corrected chi connectivity index (χ4v) is 5.41. The molecule has 0 radical (unpaired) electrons. The van der Waals surface area contributed by atoms with Crippen LogP contribution in [-0.4, -0.2) is 35.0 Å². The molecule has 2 aliphatic carbocycles. The van der Waals surface area contributed by atoms with Crippen LogP contribution in [0.1, 0.15) is 31.4 Å². The van der Waals surface area contributed by atoms with Gasteiger partial charge in [0.05, 0.1) is 22.8 Å². The summed E-state index contributed by atoms with van der Waals surface area (Å²) in [6, 6.07) is -0.00466. The number of hydrogen-bond acceptors (Lipinski definition) is 5. The number of aromatic nitrogens is 1. The SMILES string of the molecule is CC1C=CC(N)C2CN(c3cc(F)c4c(=O)c(OC(=O)O)cn(C5CC5)c4c3C(F)(F)F)CC12. The van der Waals surface area contributed by atoms with Gasteiger partial charge >= 0.3 is 12.3 Å². The van der Waals surface area contributed by atoms with Gasteiger partial charge in [-0.15, -0.1) is 0 Å². The van der Waals surface area contributed by atoms with Gasteiger partial charge in [-0.05, 0) is 30.7 Å². The number of alkyl halides is 3. The van der Waals surface area contributed by atoms with Crippen LogP contribution in [0.15, 0.2) is 29.2 Å². The van der Waals surface area contributed by atoms with E-state index in [0.29, 0.717) is 12.8 Å². The Hall–Kier alpha value is -3.08. The van der Waals surface area contributed by atoms with Gasteiger partial charge < -0.3 is 25.0 Å². The first kappa shape index (κ1) is 22.7. The lowest BCUT2D eigenvalue weighted by molar-refractivity contribution is -0.136. The predicted octanol–water partition coefficient (Wildman–Crippen LogP) is 4.14. The molecule has 2 heterocycles. The monoisotopic (exact) mass is 481 g/mol. The molecule has 2 aromatic rings. The van der Waals surface area contributed by atoms with Crippen LogP contribution >= 0.6 is 0 Å². The van der Waals surface area contributed by atoms with Crippen LogP contribution in [0, 0.1) is 23.6 Å². The van der Waals surface area contributed by atoms with E-state index in [9.17, 15) is 22.8 Å². The molecule has 1 saturated heterocycles. The Labute approximate surface area is 191 Å². The summed E-state index contributed by atoms with van der Waals surface area (Å²) in [5.41, 5.74) is 2.93. The smallest absolute Gasteiger partial charge is 0.449 e. The van der Waals surface area contributed by atoms with Crippen molar-refractivity contribution in [2.24, 2.45) is 23.5 Å². The highest BCUT2D eigenvalue weighted by molar-refractivity contribution is 5.90. The van der Waals surface area contributed by atoms with Crippen LogP contribution < -0.4 is 20.8 Å². The van der Waals surface area contributed by atoms with Crippen LogP contribution in [-0.2, 0) is 6.18 Å². The number of nitrogens with zero attached hydrogens (tertiary/aromatic N) is 2. The summed E-state index contributed by atoms with van der Waals surface area (Å²) in [4.78, 5) is 25.3. The second-order valence-corrected chi connectivity index (χ2v) is 9.36. The van der Waals surface area contributed by atoms with E-state index in [1.165, 1.54) is 4.90 Å². The van der Waals surface area contributed by atoms with Gasteiger partial charge in [0.25, 0.3) is 0 Å². The number of halogens is 4. The minimum atomic E-state index is -4.90. The summed E-state index contributed by atoms with van der Waals surface area (Å²) >= 11 is 0. The lowest BCUT2D eigenvalue weighted by atomic mass is 9.77. The van der Waals surface area contributed by atoms with E-state index in [1.54, 1.807) is 0 Å². The van der Waals surface area contributed by atoms with Crippen LogP contribution in [0.25, 0.3) is 10.9 Å². The molecule has 11 heteroatoms. The molecule has 2 fully saturated rings. The molecule has 0 bridgehead atoms. The Bertz CT molecular complexity index is 1250. The quantitative estimate of drug-likeness (QED) is 0.389. The van der Waals surface area contributed by atoms with E-state index >= 15 is 4.39 Å². The second kappa shape index (κ2) is 7.72. The lowest BCUT2D eigenvalue weighted by Crippen LogP contribution is -2.38. The van der Waals surface area contributed by atoms with E-state index in [1.807, 2.05) is 19.1 Å². The number of allylic oxidation sites excluding steroid dienone is 1. The minimum absolute atomic E-state index is 0.0109. The summed E-state index contributed by atoms with van der Waals surface area (Å²) in [5, 5.41) is 8.10. The number of carboxylic acid groups (broad SMARTS) is 1. The normalized spacial score (nSPS) is 26.7. The van der Waals surface area contributed by atoms with E-state index < -0.39 is 51.8 Å². The van der Waals surface area contributed by atoms with Gasteiger partial charge in [0, 0.05) is 31.1 Å². The first-order chi connectivity index (χ1) is 16.0. The Kier molecular flexibility index (Phi) is 5.16. The van der Waals surface area contributed by atoms with Gasteiger partial charge in [0.15, 0.2) is 5.75 Å². The Morgan fingerprint density at radius 2 is 1.88 bits per heavy atom. The van der Waals surface area contributed by atoms with Gasteiger partial charge in [-0.3, -0.25) is 4.79 Å². The third kappa shape index (κ3) is 3.62. The molecule has 4 atom stereocenters. The van der Waals surface area contributed by atoms with Gasteiger partial charge in [-0.2, -0.15) is 13.2 Å². The Morgan fingerprint density at radius 3 is 2.47 bits per heavy atom. The average Bonchev–Trinajstić information content (AvgIpc) is 3.48. The van der Waals surface area contributed by atoms with Gasteiger partial charge in [0.2, 0.25) is 5.43 Å². The molecule has 1 aromatic heterocycles. The summed E-state index contributed by atoms with van der Waals surface area (Å²) < 4.78 is 64.7. The molecule has 3 N–H and O–H groups in total. The molecule has 4 unspecified atom stereocenters. The third-order valence-corrected chi connectivity index (χ3v) is 7.18. The molecule has 3 aliphatic rings. The number of ether oxygens (including phenoxy) is 1. The lowest BCUT2D eigenvalue weighted by Gasteiger charge is -2.30. The standard InChI is InChI=1S/C23H23F4N3O4/c1-10-2-5-15(28)13-8-29(7-12(10)13)16-6-14(24)18-20(19(16)23(25,26)27)30(11-3-4-11)9-17(21(18)31)34-22(32)33/h2,5-6,9-13,15H,3-4,7-8,28H2,1H3,(H,32,33). The molecular formula is C23H23F4N3O4. The molecule has 1 saturated carbocycles. The van der Waals surface area contributed by atoms with Crippen molar-refractivity contribution in [2.45, 2.75) is 38.0 Å². The maximum atomic E-state index is 15.4. The molecule has 5 rings (SSSR count). The zero-order valence-corrected chi connectivity index (χ0v) is 18.2. The summed E-state index contributed by atoms with van der Waals surface area (Å²) in [6.45, 7) is 2.47. The predicted molar refractivity (Wildman–Crippen MR) is 116 cm³/mol. The van der Waals surface area contributed by atoms with Crippen LogP contribution in [0.2, 0.25) is 0 Å². The number of pyridine rings is 1. The van der Waals surface area contributed by atoms with Gasteiger partial charge in [-0.25, -0.2) is 9.18 Å². The largest absolute Gasteiger partial charge is 0.511 e. The van der Waals surface area contributed by atoms with Crippen molar-refractivity contribution >= 4 is 22.7 Å². The van der Waals surface area contributed by atoms with E-state index in [-0.39, 0.29) is 42.6 Å². The van der Waals surface area contributed by atoms with Crippen molar-refractivity contribution in [3.05, 3.63) is 46.0 Å². The topological polar surface area (TPSA) is 97.8 Å². The molecule has 0 spiro atoms. The number of carbonyl (C=O) groups is 1. The molecule has 1 aliphatic heterocycles. The summed E-state index contributed by atoms with van der Waals surface area (Å²) in [6.07, 6.45) is -0.935. The molecule has 1 aromatic carbocycles. The van der Waals surface area contributed by atoms with Crippen LogP contribution in [0.3, 0.4) is 0 Å². The van der Waals surface area contributed by atoms with E-state index in [4.69, 9.17) is 10.8 Å². The van der Waals surface area contributed by atoms with Crippen molar-refractivity contribution in [3.63, 3.8) is 0 Å². The number of rotatable bonds is 3. The van der Waals surface area contributed by atoms with Crippen LogP contribution in [0.5, 0.6) is 5.75 Å². The van der Waals surface area contributed by atoms with E-state index in [2.05, 4.69) is 4.74 Å². The fraction of sp³-hybridized carbons (Fsp3) is 0.478. The highest BCUT2D eigenvalue weighted by Gasteiger charge is 2.45. The van der Waals surface area contributed by atoms with Crippen LogP contribution in [0.4, 0.5) is 28.0 Å². The molecular weight excluding hydrogens is 458 g/mol. The minimum Gasteiger partial charge on any atom is -0.449 e. The highest BCUT2D eigenvalue weighted by Crippen LogP contribution is 2.48. The second-order valence-electron chi connectivity index (χ2n) is 9.36. The van der Waals surface area contributed by atoms with Crippen molar-refractivity contribution in [2.75, 3.05) is 18.0 Å². The molecule has 34 heavy (non-hydrogen) atoms. The number of fused-ring (bicyclic) bond motifs is 2. The Balaban J connectivity index is 1.76. The molecule has 182 valence electrons. The maximum Gasteiger partial charge on any atom is 0.511 e. The first-order valence-corrected chi connectivity index (χ1v) is 11.1. The number of benzene rings is 1. The fourth-order valence-electron chi connectivity index (χ4n) is 5.41. The first-order valence-electron chi connectivity index (χ1n) is 11.1. The van der Waals surface area contributed by atoms with Crippen molar-refractivity contribution < 1.29 is 32.2 Å². The zero-order valence-electron chi connectivity index (χ0n) is 18.2. The average molecular weight is 481 g/mol. The van der Waals surface area contributed by atoms with Crippen molar-refractivity contribution in [3.8, 4) is 5.75 Å². The number of anilines is 1. The van der Waals surface area contributed by atoms with Gasteiger partial charge in [-0.1, -0.05) is 19.1 Å². The Morgan fingerprint density at radius 1 is 1.21 bits per heavy atom. The maximum absolute atomic E-state index is 15.4. The third-order valence-electron chi connectivity index (χ3n) is 7.18. The summed E-state index contributed by atoms with van der Waals surface area (Å²) in [7, 11) is 0. The van der Waals surface area contributed by atoms with Gasteiger partial charge in [0.1, 0.15) is 11.4 Å². The molecule has 7 nitrogen and oxygen atoms in total. The zero-order chi connectivity index (χ0) is 24.5. The van der Waals surface area contributed by atoms with E-state index in [0.717, 1.165) is 16.8 Å². The molecule has 0 amide bonds.